The van der Waals surface area contributed by atoms with Crippen molar-refractivity contribution in [3.63, 3.8) is 0 Å². The summed E-state index contributed by atoms with van der Waals surface area (Å²) in [6.45, 7) is 0. The van der Waals surface area contributed by atoms with Crippen LogP contribution >= 0.6 is 0 Å². The molecule has 0 unspecified atom stereocenters. The molecular weight excluding hydrogens is 1110 g/mol. The van der Waals surface area contributed by atoms with Gasteiger partial charge in [-0.05, 0) is 0 Å². The zero-order valence-corrected chi connectivity index (χ0v) is 49.0. The average molecular weight is 1180 g/mol. The summed E-state index contributed by atoms with van der Waals surface area (Å²) in [6.07, 6.45) is 8.98. The van der Waals surface area contributed by atoms with Crippen molar-refractivity contribution in [3.8, 4) is 0 Å². The van der Waals surface area contributed by atoms with Crippen molar-refractivity contribution >= 4 is 0 Å². The molecule has 0 N–H and O–H groups in total. The van der Waals surface area contributed by atoms with Gasteiger partial charge in [0.2, 0.25) is 0 Å². The fourth-order valence-corrected chi connectivity index (χ4v) is 19.0. The van der Waals surface area contributed by atoms with Crippen molar-refractivity contribution in [1.82, 2.24) is 0 Å². The summed E-state index contributed by atoms with van der Waals surface area (Å²) >= 11 is -1.90. The van der Waals surface area contributed by atoms with E-state index in [1.807, 2.05) is 0 Å². The third-order valence-electron chi connectivity index (χ3n) is 17.0. The Morgan fingerprint density at radius 2 is 0.358 bits per heavy atom. The van der Waals surface area contributed by atoms with E-state index in [1.54, 1.807) is 36.0 Å². The monoisotopic (exact) mass is 1180 g/mol. The minimum absolute atomic E-state index is 0.338. The summed E-state index contributed by atoms with van der Waals surface area (Å²) in [4.78, 5) is 0. The molecular formula is C80H70Sm. The van der Waals surface area contributed by atoms with Crippen molar-refractivity contribution in [1.29, 1.82) is 0 Å². The van der Waals surface area contributed by atoms with E-state index in [-0.39, 0.29) is 10.8 Å². The number of hydrogen-bond acceptors (Lipinski definition) is 0. The van der Waals surface area contributed by atoms with Gasteiger partial charge in [0, 0.05) is 0 Å². The zero-order valence-electron chi connectivity index (χ0n) is 46.3. The third kappa shape index (κ3) is 12.7. The summed E-state index contributed by atoms with van der Waals surface area (Å²) in [5.74, 6) is 0. The topological polar surface area (TPSA) is 0 Å². The Labute approximate surface area is 501 Å². The summed E-state index contributed by atoms with van der Waals surface area (Å²) in [7, 11) is 0. The van der Waals surface area contributed by atoms with E-state index in [0.717, 1.165) is 64.2 Å². The Morgan fingerprint density at radius 1 is 0.185 bits per heavy atom. The molecule has 0 heterocycles. The molecule has 12 rings (SSSR count). The van der Waals surface area contributed by atoms with Crippen LogP contribution in [-0.4, -0.2) is 0 Å². The normalized spacial score (nSPS) is 14.7. The maximum absolute atomic E-state index is 2.42. The van der Waals surface area contributed by atoms with Gasteiger partial charge in [-0.25, -0.2) is 0 Å². The summed E-state index contributed by atoms with van der Waals surface area (Å²) in [5.41, 5.74) is 22.6. The van der Waals surface area contributed by atoms with Crippen molar-refractivity contribution in [2.45, 2.75) is 64.2 Å². The average Bonchev–Trinajstić information content (AvgIpc) is 4.10. The Balaban J connectivity index is 1.22. The van der Waals surface area contributed by atoms with Crippen LogP contribution in [0.15, 0.2) is 339 Å². The first-order valence-corrected chi connectivity index (χ1v) is 31.7. The van der Waals surface area contributed by atoms with Gasteiger partial charge < -0.3 is 0 Å². The van der Waals surface area contributed by atoms with Gasteiger partial charge in [-0.15, -0.1) is 0 Å². The Kier molecular flexibility index (Phi) is 17.3. The molecule has 0 fully saturated rings. The first kappa shape index (κ1) is 54.1. The van der Waals surface area contributed by atoms with Crippen LogP contribution < -0.4 is 0 Å². The predicted octanol–water partition coefficient (Wildman–Crippen LogP) is 18.6. The molecule has 10 aromatic rings. The molecule has 2 aliphatic rings. The molecule has 0 saturated carbocycles. The van der Waals surface area contributed by atoms with Gasteiger partial charge >= 0.3 is 506 Å². The molecule has 0 saturated heterocycles. The van der Waals surface area contributed by atoms with E-state index in [4.69, 9.17) is 0 Å². The maximum atomic E-state index is 2.42. The molecule has 0 aliphatic heterocycles. The van der Waals surface area contributed by atoms with Crippen LogP contribution in [0, 0.1) is 47.1 Å². The van der Waals surface area contributed by atoms with Crippen LogP contribution in [0.3, 0.4) is 0 Å². The first-order valence-electron chi connectivity index (χ1n) is 29.1. The van der Waals surface area contributed by atoms with Crippen LogP contribution in [0.25, 0.3) is 0 Å². The van der Waals surface area contributed by atoms with E-state index >= 15 is 0 Å². The van der Waals surface area contributed by atoms with Gasteiger partial charge in [0.1, 0.15) is 0 Å². The zero-order chi connectivity index (χ0) is 54.5. The van der Waals surface area contributed by atoms with Crippen LogP contribution in [0.1, 0.15) is 55.6 Å². The molecule has 0 spiro atoms. The number of hydrogen-bond donors (Lipinski definition) is 0. The van der Waals surface area contributed by atoms with Crippen LogP contribution in [0.2, 0.25) is 0 Å². The van der Waals surface area contributed by atoms with Crippen LogP contribution in [-0.2, 0) is 64.2 Å². The molecule has 2 aliphatic carbocycles. The standard InChI is InChI=1S/2C40H35.Sm/c2*1-6-16-32(17-7-1)26-37-31-40(29-35-22-12-4-13-23-35,30-36-24-14-5-15-25-36)39(28-34-20-10-3-11-21-34)38(37)27-33-18-8-2-9-19-33;/h2*1-25H,26-30H2;. The minimum atomic E-state index is -1.90. The van der Waals surface area contributed by atoms with Crippen molar-refractivity contribution in [2.75, 3.05) is 0 Å². The predicted molar refractivity (Wildman–Crippen MR) is 334 cm³/mol. The van der Waals surface area contributed by atoms with E-state index in [2.05, 4.69) is 303 Å². The van der Waals surface area contributed by atoms with Gasteiger partial charge in [0.05, 0.1) is 0 Å². The van der Waals surface area contributed by atoms with E-state index in [9.17, 15) is 0 Å². The Morgan fingerprint density at radius 3 is 0.568 bits per heavy atom. The molecule has 0 nitrogen and oxygen atoms in total. The van der Waals surface area contributed by atoms with Crippen molar-refractivity contribution < 1.29 is 36.3 Å². The van der Waals surface area contributed by atoms with Crippen LogP contribution in [0.4, 0.5) is 0 Å². The number of rotatable bonds is 22. The number of allylic oxidation sites excluding steroid dienone is 8. The molecule has 0 amide bonds. The van der Waals surface area contributed by atoms with Crippen LogP contribution in [0.5, 0.6) is 0 Å². The molecule has 10 aromatic carbocycles. The quantitative estimate of drug-likeness (QED) is 0.0634. The van der Waals surface area contributed by atoms with Gasteiger partial charge in [-0.2, -0.15) is 0 Å². The third-order valence-corrected chi connectivity index (χ3v) is 22.4. The van der Waals surface area contributed by atoms with E-state index in [1.165, 1.54) is 55.6 Å². The van der Waals surface area contributed by atoms with Gasteiger partial charge in [0.15, 0.2) is 0 Å². The van der Waals surface area contributed by atoms with Gasteiger partial charge in [0.25, 0.3) is 0 Å². The molecule has 0 radical (unpaired) electrons. The fourth-order valence-electron chi connectivity index (χ4n) is 13.3. The summed E-state index contributed by atoms with van der Waals surface area (Å²) < 4.78 is 3.50. The summed E-state index contributed by atoms with van der Waals surface area (Å²) in [5, 5.41) is 0. The molecule has 0 bridgehead atoms. The van der Waals surface area contributed by atoms with Gasteiger partial charge in [-0.3, -0.25) is 0 Å². The second-order valence-corrected chi connectivity index (χ2v) is 25.7. The molecule has 396 valence electrons. The fraction of sp³-hybridized carbons (Fsp3) is 0.150. The number of benzene rings is 10. The van der Waals surface area contributed by atoms with E-state index < -0.39 is 36.3 Å². The molecule has 81 heavy (non-hydrogen) atoms. The Hall–Kier alpha value is -7.50. The second-order valence-electron chi connectivity index (χ2n) is 22.4. The van der Waals surface area contributed by atoms with Crippen molar-refractivity contribution in [3.05, 3.63) is 395 Å². The molecule has 1 heteroatoms. The van der Waals surface area contributed by atoms with Gasteiger partial charge in [-0.1, -0.05) is 0 Å². The first-order chi connectivity index (χ1) is 40.1. The second kappa shape index (κ2) is 26.0. The van der Waals surface area contributed by atoms with Crippen molar-refractivity contribution in [2.24, 2.45) is 10.8 Å². The SMILES string of the molecule is c1ccc(CC2=C(Cc3ccccc3)C(Cc3ccccc3)(Cc3ccccc3)[C]([Sm][C]3=C(Cc4ccccc4)C(Cc4ccccc4)=C(Cc4ccccc4)C3(Cc3ccccc3)Cc3ccccc3)=C2Cc2ccccc2)cc1. The summed E-state index contributed by atoms with van der Waals surface area (Å²) in [6, 6.07) is 115. The Bertz CT molecular complexity index is 3420. The molecule has 0 atom stereocenters. The van der Waals surface area contributed by atoms with E-state index in [0.29, 0.717) is 0 Å². The molecule has 0 aromatic heterocycles.